The zero-order chi connectivity index (χ0) is 19.7. The summed E-state index contributed by atoms with van der Waals surface area (Å²) in [6.07, 6.45) is 0. The molecule has 0 amide bonds. The Morgan fingerprint density at radius 3 is 2.43 bits per heavy atom. The molecule has 1 aromatic heterocycles. The molecule has 1 N–H and O–H groups in total. The summed E-state index contributed by atoms with van der Waals surface area (Å²) >= 11 is 3.56. The minimum Gasteiger partial charge on any atom is -0.488 e. The number of hydrogen-bond acceptors (Lipinski definition) is 2. The van der Waals surface area contributed by atoms with Gasteiger partial charge in [0.25, 0.3) is 0 Å². The second-order valence-electron chi connectivity index (χ2n) is 7.98. The highest BCUT2D eigenvalue weighted by Crippen LogP contribution is 2.33. The molecule has 3 aromatic carbocycles. The third-order valence-corrected chi connectivity index (χ3v) is 5.29. The normalized spacial score (nSPS) is 11.7. The van der Waals surface area contributed by atoms with Gasteiger partial charge in [0, 0.05) is 4.47 Å². The molecular formula is C24H23BrN2O. The molecule has 0 radical (unpaired) electrons. The number of nitrogens with zero attached hydrogens (tertiary/aromatic N) is 1. The maximum Gasteiger partial charge on any atom is 0.142 e. The van der Waals surface area contributed by atoms with Gasteiger partial charge in [-0.1, -0.05) is 73.1 Å². The van der Waals surface area contributed by atoms with Gasteiger partial charge in [-0.25, -0.2) is 4.98 Å². The highest BCUT2D eigenvalue weighted by Gasteiger charge is 2.14. The summed E-state index contributed by atoms with van der Waals surface area (Å²) in [4.78, 5) is 8.11. The maximum absolute atomic E-state index is 6.17. The summed E-state index contributed by atoms with van der Waals surface area (Å²) in [7, 11) is 0. The van der Waals surface area contributed by atoms with Crippen molar-refractivity contribution in [1.29, 1.82) is 0 Å². The van der Waals surface area contributed by atoms with E-state index in [1.54, 1.807) is 0 Å². The van der Waals surface area contributed by atoms with Gasteiger partial charge in [0.2, 0.25) is 0 Å². The Balaban J connectivity index is 1.60. The first-order chi connectivity index (χ1) is 13.4. The van der Waals surface area contributed by atoms with Crippen LogP contribution in [0.15, 0.2) is 71.2 Å². The molecule has 0 aliphatic carbocycles. The molecule has 3 nitrogen and oxygen atoms in total. The van der Waals surface area contributed by atoms with Crippen molar-refractivity contribution >= 4 is 27.0 Å². The summed E-state index contributed by atoms with van der Waals surface area (Å²) in [6, 6.07) is 22.7. The molecule has 28 heavy (non-hydrogen) atoms. The highest BCUT2D eigenvalue weighted by molar-refractivity contribution is 9.10. The molecule has 0 aliphatic heterocycles. The number of ether oxygens (including phenoxy) is 1. The zero-order valence-electron chi connectivity index (χ0n) is 16.3. The van der Waals surface area contributed by atoms with E-state index in [-0.39, 0.29) is 5.41 Å². The fourth-order valence-corrected chi connectivity index (χ4v) is 3.52. The SMILES string of the molecule is CC(C)(C)c1ccc(COc2ccc(Br)cc2-c2nc3ccccc3[nH]2)cc1. The van der Waals surface area contributed by atoms with Crippen LogP contribution in [0.1, 0.15) is 31.9 Å². The Labute approximate surface area is 173 Å². The number of imidazole rings is 1. The third kappa shape index (κ3) is 3.97. The maximum atomic E-state index is 6.17. The number of para-hydroxylation sites is 2. The van der Waals surface area contributed by atoms with E-state index in [1.807, 2.05) is 42.5 Å². The number of nitrogens with one attached hydrogen (secondary N) is 1. The molecule has 0 fully saturated rings. The summed E-state index contributed by atoms with van der Waals surface area (Å²) in [6.45, 7) is 7.18. The average Bonchev–Trinajstić information content (AvgIpc) is 3.11. The first-order valence-corrected chi connectivity index (χ1v) is 10.2. The zero-order valence-corrected chi connectivity index (χ0v) is 17.9. The van der Waals surface area contributed by atoms with E-state index >= 15 is 0 Å². The Bertz CT molecular complexity index is 1070. The molecule has 0 bridgehead atoms. The molecular weight excluding hydrogens is 412 g/mol. The molecule has 0 saturated heterocycles. The van der Waals surface area contributed by atoms with Gasteiger partial charge in [0.15, 0.2) is 0 Å². The van der Waals surface area contributed by atoms with Crippen molar-refractivity contribution in [3.05, 3.63) is 82.3 Å². The third-order valence-electron chi connectivity index (χ3n) is 4.80. The van der Waals surface area contributed by atoms with Crippen molar-refractivity contribution in [2.75, 3.05) is 0 Å². The second kappa shape index (κ2) is 7.44. The molecule has 0 atom stereocenters. The van der Waals surface area contributed by atoms with Crippen LogP contribution in [0.3, 0.4) is 0 Å². The van der Waals surface area contributed by atoms with Gasteiger partial charge in [-0.05, 0) is 46.9 Å². The monoisotopic (exact) mass is 434 g/mol. The molecule has 0 spiro atoms. The number of benzene rings is 3. The Morgan fingerprint density at radius 2 is 1.71 bits per heavy atom. The molecule has 142 valence electrons. The lowest BCUT2D eigenvalue weighted by molar-refractivity contribution is 0.307. The molecule has 4 rings (SSSR count). The molecule has 0 unspecified atom stereocenters. The number of fused-ring (bicyclic) bond motifs is 1. The summed E-state index contributed by atoms with van der Waals surface area (Å²) in [5.74, 6) is 1.61. The minimum absolute atomic E-state index is 0.152. The smallest absolute Gasteiger partial charge is 0.142 e. The fourth-order valence-electron chi connectivity index (χ4n) is 3.16. The summed E-state index contributed by atoms with van der Waals surface area (Å²) in [5, 5.41) is 0. The van der Waals surface area contributed by atoms with Crippen LogP contribution < -0.4 is 4.74 Å². The van der Waals surface area contributed by atoms with Gasteiger partial charge in [0.05, 0.1) is 16.6 Å². The summed E-state index contributed by atoms with van der Waals surface area (Å²) in [5.41, 5.74) is 5.52. The molecule has 0 aliphatic rings. The van der Waals surface area contributed by atoms with Crippen molar-refractivity contribution in [2.24, 2.45) is 0 Å². The van der Waals surface area contributed by atoms with Crippen LogP contribution in [-0.2, 0) is 12.0 Å². The van der Waals surface area contributed by atoms with Crippen LogP contribution in [0, 0.1) is 0 Å². The van der Waals surface area contributed by atoms with Gasteiger partial charge < -0.3 is 9.72 Å². The first kappa shape index (κ1) is 18.8. The number of rotatable bonds is 4. The van der Waals surface area contributed by atoms with Crippen LogP contribution >= 0.6 is 15.9 Å². The van der Waals surface area contributed by atoms with Crippen LogP contribution in [0.4, 0.5) is 0 Å². The fraction of sp³-hybridized carbons (Fsp3) is 0.208. The topological polar surface area (TPSA) is 37.9 Å². The van der Waals surface area contributed by atoms with Crippen LogP contribution in [0.5, 0.6) is 5.75 Å². The Hall–Kier alpha value is -2.59. The van der Waals surface area contributed by atoms with E-state index in [1.165, 1.54) is 5.56 Å². The first-order valence-electron chi connectivity index (χ1n) is 9.37. The summed E-state index contributed by atoms with van der Waals surface area (Å²) < 4.78 is 7.16. The quantitative estimate of drug-likeness (QED) is 0.380. The van der Waals surface area contributed by atoms with Crippen molar-refractivity contribution in [2.45, 2.75) is 32.8 Å². The van der Waals surface area contributed by atoms with Crippen LogP contribution in [0.25, 0.3) is 22.4 Å². The molecule has 4 aromatic rings. The van der Waals surface area contributed by atoms with E-state index in [0.29, 0.717) is 6.61 Å². The second-order valence-corrected chi connectivity index (χ2v) is 8.89. The van der Waals surface area contributed by atoms with Crippen LogP contribution in [-0.4, -0.2) is 9.97 Å². The van der Waals surface area contributed by atoms with Crippen molar-refractivity contribution < 1.29 is 4.74 Å². The molecule has 1 heterocycles. The molecule has 4 heteroatoms. The largest absolute Gasteiger partial charge is 0.488 e. The van der Waals surface area contributed by atoms with E-state index < -0.39 is 0 Å². The number of aromatic nitrogens is 2. The van der Waals surface area contributed by atoms with E-state index in [9.17, 15) is 0 Å². The minimum atomic E-state index is 0.152. The van der Waals surface area contributed by atoms with Crippen molar-refractivity contribution in [3.63, 3.8) is 0 Å². The van der Waals surface area contributed by atoms with Gasteiger partial charge in [0.1, 0.15) is 18.2 Å². The predicted octanol–water partition coefficient (Wildman–Crippen LogP) is 6.87. The van der Waals surface area contributed by atoms with Gasteiger partial charge in [-0.2, -0.15) is 0 Å². The Morgan fingerprint density at radius 1 is 0.964 bits per heavy atom. The van der Waals surface area contributed by atoms with E-state index in [4.69, 9.17) is 9.72 Å². The van der Waals surface area contributed by atoms with Crippen molar-refractivity contribution in [1.82, 2.24) is 9.97 Å². The van der Waals surface area contributed by atoms with Crippen LogP contribution in [0.2, 0.25) is 0 Å². The Kier molecular flexibility index (Phi) is 4.98. The lowest BCUT2D eigenvalue weighted by Gasteiger charge is -2.19. The van der Waals surface area contributed by atoms with Gasteiger partial charge in [-0.15, -0.1) is 0 Å². The van der Waals surface area contributed by atoms with Gasteiger partial charge >= 0.3 is 0 Å². The number of H-pyrrole nitrogens is 1. The van der Waals surface area contributed by atoms with Crippen molar-refractivity contribution in [3.8, 4) is 17.1 Å². The number of aromatic amines is 1. The van der Waals surface area contributed by atoms with Gasteiger partial charge in [-0.3, -0.25) is 0 Å². The molecule has 0 saturated carbocycles. The average molecular weight is 435 g/mol. The number of hydrogen-bond donors (Lipinski definition) is 1. The predicted molar refractivity (Wildman–Crippen MR) is 119 cm³/mol. The number of halogens is 1. The van der Waals surface area contributed by atoms with E-state index in [0.717, 1.165) is 38.2 Å². The van der Waals surface area contributed by atoms with E-state index in [2.05, 4.69) is 66.0 Å². The lowest BCUT2D eigenvalue weighted by Crippen LogP contribution is -2.10. The highest BCUT2D eigenvalue weighted by atomic mass is 79.9. The standard InChI is InChI=1S/C24H23BrN2O/c1-24(2,3)17-10-8-16(9-11-17)15-28-22-13-12-18(25)14-19(22)23-26-20-6-4-5-7-21(20)27-23/h4-14H,15H2,1-3H3,(H,26,27). The lowest BCUT2D eigenvalue weighted by atomic mass is 9.87.